The smallest absolute Gasteiger partial charge is 0.253 e. The molecule has 2 fully saturated rings. The Balaban J connectivity index is 1.11. The first-order valence-corrected chi connectivity index (χ1v) is 12.3. The maximum atomic E-state index is 13.0. The van der Waals surface area contributed by atoms with E-state index in [0.717, 1.165) is 54.0 Å². The highest BCUT2D eigenvalue weighted by Gasteiger charge is 2.29. The van der Waals surface area contributed by atoms with Crippen molar-refractivity contribution < 1.29 is 18.7 Å². The summed E-state index contributed by atoms with van der Waals surface area (Å²) in [4.78, 5) is 32.0. The molecule has 34 heavy (non-hydrogen) atoms. The molecule has 7 heteroatoms. The van der Waals surface area contributed by atoms with Gasteiger partial charge < -0.3 is 19.4 Å². The van der Waals surface area contributed by atoms with Crippen LogP contribution < -0.4 is 10.1 Å². The van der Waals surface area contributed by atoms with Crippen LogP contribution in [0.15, 0.2) is 46.9 Å². The highest BCUT2D eigenvalue weighted by molar-refractivity contribution is 5.97. The minimum absolute atomic E-state index is 0.0216. The highest BCUT2D eigenvalue weighted by Crippen LogP contribution is 2.40. The van der Waals surface area contributed by atoms with Crippen molar-refractivity contribution in [2.75, 3.05) is 19.7 Å². The summed E-state index contributed by atoms with van der Waals surface area (Å²) in [6.07, 6.45) is 4.39. The molecule has 0 atom stereocenters. The van der Waals surface area contributed by atoms with E-state index in [4.69, 9.17) is 9.15 Å². The monoisotopic (exact) mass is 461 g/mol. The number of para-hydroxylation sites is 1. The van der Waals surface area contributed by atoms with Crippen molar-refractivity contribution in [3.8, 4) is 5.75 Å². The molecule has 1 aliphatic carbocycles. The number of hydrogen-bond acceptors (Lipinski definition) is 5. The third-order valence-electron chi connectivity index (χ3n) is 6.70. The van der Waals surface area contributed by atoms with Crippen LogP contribution in [0, 0.1) is 5.92 Å². The number of likely N-dealkylation sites (tertiary alicyclic amines) is 1. The molecule has 0 bridgehead atoms. The van der Waals surface area contributed by atoms with Gasteiger partial charge in [0.25, 0.3) is 5.91 Å². The van der Waals surface area contributed by atoms with Crippen LogP contribution in [0.5, 0.6) is 5.75 Å². The first-order chi connectivity index (χ1) is 16.6. The highest BCUT2D eigenvalue weighted by atomic mass is 16.5. The Labute approximate surface area is 199 Å². The standard InChI is InChI=1S/C27H31N3O4/c1-2-33-23-6-4-3-5-21(23)17-28-25(31)15-18-11-13-30(14-12-18)27(32)20-9-10-24-22(16-20)29-26(34-24)19-7-8-19/h3-6,9-10,16,18-19H,2,7-8,11-15,17H2,1H3,(H,28,31). The van der Waals surface area contributed by atoms with Crippen molar-refractivity contribution >= 4 is 22.9 Å². The summed E-state index contributed by atoms with van der Waals surface area (Å²) in [6, 6.07) is 13.3. The Morgan fingerprint density at radius 2 is 1.91 bits per heavy atom. The van der Waals surface area contributed by atoms with Gasteiger partial charge in [-0.15, -0.1) is 0 Å². The zero-order valence-corrected chi connectivity index (χ0v) is 19.6. The van der Waals surface area contributed by atoms with Crippen LogP contribution in [0.25, 0.3) is 11.1 Å². The summed E-state index contributed by atoms with van der Waals surface area (Å²) in [7, 11) is 0. The molecule has 2 aromatic carbocycles. The lowest BCUT2D eigenvalue weighted by molar-refractivity contribution is -0.122. The molecule has 1 N–H and O–H groups in total. The van der Waals surface area contributed by atoms with Gasteiger partial charge >= 0.3 is 0 Å². The van der Waals surface area contributed by atoms with E-state index in [1.54, 1.807) is 0 Å². The van der Waals surface area contributed by atoms with E-state index < -0.39 is 0 Å². The van der Waals surface area contributed by atoms with Gasteiger partial charge in [0.15, 0.2) is 11.5 Å². The molecule has 5 rings (SSSR count). The molecular weight excluding hydrogens is 430 g/mol. The van der Waals surface area contributed by atoms with Crippen LogP contribution in [-0.4, -0.2) is 41.4 Å². The minimum Gasteiger partial charge on any atom is -0.494 e. The number of ether oxygens (including phenoxy) is 1. The number of carbonyl (C=O) groups is 2. The van der Waals surface area contributed by atoms with Crippen LogP contribution in [-0.2, 0) is 11.3 Å². The van der Waals surface area contributed by atoms with Crippen molar-refractivity contribution in [3.05, 3.63) is 59.5 Å². The Kier molecular flexibility index (Phi) is 6.52. The molecule has 0 unspecified atom stereocenters. The SMILES string of the molecule is CCOc1ccccc1CNC(=O)CC1CCN(C(=O)c2ccc3oc(C4CC4)nc3c2)CC1. The largest absolute Gasteiger partial charge is 0.494 e. The fraction of sp³-hybridized carbons (Fsp3) is 0.444. The summed E-state index contributed by atoms with van der Waals surface area (Å²) in [6.45, 7) is 4.32. The van der Waals surface area contributed by atoms with Crippen LogP contribution in [0.1, 0.15) is 66.8 Å². The number of rotatable bonds is 8. The van der Waals surface area contributed by atoms with Crippen molar-refractivity contribution in [2.24, 2.45) is 5.92 Å². The number of amides is 2. The quantitative estimate of drug-likeness (QED) is 0.527. The van der Waals surface area contributed by atoms with Crippen LogP contribution in [0.2, 0.25) is 0 Å². The zero-order chi connectivity index (χ0) is 23.5. The second-order valence-electron chi connectivity index (χ2n) is 9.27. The zero-order valence-electron chi connectivity index (χ0n) is 19.6. The van der Waals surface area contributed by atoms with E-state index in [2.05, 4.69) is 10.3 Å². The lowest BCUT2D eigenvalue weighted by Crippen LogP contribution is -2.39. The summed E-state index contributed by atoms with van der Waals surface area (Å²) in [5, 5.41) is 3.02. The maximum Gasteiger partial charge on any atom is 0.253 e. The summed E-state index contributed by atoms with van der Waals surface area (Å²) < 4.78 is 11.4. The van der Waals surface area contributed by atoms with Crippen molar-refractivity contribution in [2.45, 2.75) is 51.5 Å². The van der Waals surface area contributed by atoms with Crippen molar-refractivity contribution in [1.29, 1.82) is 0 Å². The predicted octanol–water partition coefficient (Wildman–Crippen LogP) is 4.66. The molecule has 0 spiro atoms. The molecule has 0 radical (unpaired) electrons. The normalized spacial score (nSPS) is 16.6. The molecule has 7 nitrogen and oxygen atoms in total. The van der Waals surface area contributed by atoms with E-state index in [1.165, 1.54) is 0 Å². The molecular formula is C27H31N3O4. The Morgan fingerprint density at radius 1 is 1.12 bits per heavy atom. The Bertz CT molecular complexity index is 1180. The second kappa shape index (κ2) is 9.87. The minimum atomic E-state index is 0.0216. The number of fused-ring (bicyclic) bond motifs is 1. The van der Waals surface area contributed by atoms with Gasteiger partial charge in [0.1, 0.15) is 11.3 Å². The molecule has 2 heterocycles. The fourth-order valence-electron chi connectivity index (χ4n) is 4.58. The van der Waals surface area contributed by atoms with E-state index in [1.807, 2.05) is 54.3 Å². The number of nitrogens with zero attached hydrogens (tertiary/aromatic N) is 2. The van der Waals surface area contributed by atoms with Gasteiger partial charge in [-0.25, -0.2) is 4.98 Å². The maximum absolute atomic E-state index is 13.0. The third kappa shape index (κ3) is 5.08. The number of benzene rings is 2. The molecule has 1 aromatic heterocycles. The summed E-state index contributed by atoms with van der Waals surface area (Å²) in [5.41, 5.74) is 3.12. The number of hydrogen-bond donors (Lipinski definition) is 1. The number of aromatic nitrogens is 1. The van der Waals surface area contributed by atoms with Gasteiger partial charge in [0.2, 0.25) is 5.91 Å². The molecule has 178 valence electrons. The van der Waals surface area contributed by atoms with Crippen molar-refractivity contribution in [1.82, 2.24) is 15.2 Å². The van der Waals surface area contributed by atoms with E-state index >= 15 is 0 Å². The molecule has 2 aliphatic rings. The average Bonchev–Trinajstić information content (AvgIpc) is 3.62. The number of carbonyl (C=O) groups excluding carboxylic acids is 2. The van der Waals surface area contributed by atoms with Gasteiger partial charge in [-0.3, -0.25) is 9.59 Å². The topological polar surface area (TPSA) is 84.7 Å². The Hall–Kier alpha value is -3.35. The number of nitrogens with one attached hydrogen (secondary N) is 1. The third-order valence-corrected chi connectivity index (χ3v) is 6.70. The second-order valence-corrected chi connectivity index (χ2v) is 9.27. The van der Waals surface area contributed by atoms with Gasteiger partial charge in [-0.05, 0) is 62.8 Å². The van der Waals surface area contributed by atoms with Gasteiger partial charge in [-0.2, -0.15) is 0 Å². The van der Waals surface area contributed by atoms with Gasteiger partial charge in [0, 0.05) is 43.1 Å². The molecule has 2 amide bonds. The van der Waals surface area contributed by atoms with Crippen molar-refractivity contribution in [3.63, 3.8) is 0 Å². The van der Waals surface area contributed by atoms with E-state index in [0.29, 0.717) is 44.1 Å². The average molecular weight is 462 g/mol. The lowest BCUT2D eigenvalue weighted by atomic mass is 9.92. The van der Waals surface area contributed by atoms with E-state index in [-0.39, 0.29) is 17.7 Å². The fourth-order valence-corrected chi connectivity index (χ4v) is 4.58. The number of piperidine rings is 1. The first-order valence-electron chi connectivity index (χ1n) is 12.3. The van der Waals surface area contributed by atoms with Gasteiger partial charge in [0.05, 0.1) is 6.61 Å². The molecule has 1 saturated heterocycles. The number of oxazole rings is 1. The van der Waals surface area contributed by atoms with Gasteiger partial charge in [-0.1, -0.05) is 18.2 Å². The van der Waals surface area contributed by atoms with E-state index in [9.17, 15) is 9.59 Å². The molecule has 3 aromatic rings. The van der Waals surface area contributed by atoms with Crippen LogP contribution in [0.4, 0.5) is 0 Å². The summed E-state index contributed by atoms with van der Waals surface area (Å²) >= 11 is 0. The summed E-state index contributed by atoms with van der Waals surface area (Å²) in [5.74, 6) is 2.39. The first kappa shape index (κ1) is 22.4. The lowest BCUT2D eigenvalue weighted by Gasteiger charge is -2.31. The predicted molar refractivity (Wildman–Crippen MR) is 129 cm³/mol. The molecule has 1 aliphatic heterocycles. The van der Waals surface area contributed by atoms with Crippen LogP contribution >= 0.6 is 0 Å². The van der Waals surface area contributed by atoms with Crippen LogP contribution in [0.3, 0.4) is 0 Å². The molecule has 1 saturated carbocycles. The Morgan fingerprint density at radius 3 is 2.68 bits per heavy atom.